The van der Waals surface area contributed by atoms with E-state index in [1.54, 1.807) is 4.57 Å². The molecule has 4 aliphatic rings. The molecule has 10 heteroatoms. The maximum Gasteiger partial charge on any atom is 0.261 e. The monoisotopic (exact) mass is 639 g/mol. The van der Waals surface area contributed by atoms with Gasteiger partial charge in [-0.1, -0.05) is 44.5 Å². The zero-order chi connectivity index (χ0) is 32.2. The van der Waals surface area contributed by atoms with Crippen LogP contribution in [0.4, 0.5) is 5.69 Å². The maximum atomic E-state index is 14.0. The third kappa shape index (κ3) is 5.70. The number of fused-ring (bicyclic) bond motifs is 3. The number of piperazine rings is 1. The molecule has 8 rings (SSSR count). The number of carbonyl (C=O) groups excluding carboxylic acids is 1. The van der Waals surface area contributed by atoms with E-state index in [1.807, 2.05) is 67.7 Å². The Balaban J connectivity index is 1.23. The number of rotatable bonds is 6. The van der Waals surface area contributed by atoms with E-state index >= 15 is 0 Å². The molecular weight excluding hydrogens is 598 g/mol. The number of hydrogen-bond donors (Lipinski definition) is 3. The van der Waals surface area contributed by atoms with Gasteiger partial charge in [0, 0.05) is 36.0 Å². The van der Waals surface area contributed by atoms with Crippen LogP contribution in [-0.2, 0) is 17.8 Å². The zero-order valence-electron chi connectivity index (χ0n) is 26.9. The molecule has 3 heterocycles. The second-order valence-corrected chi connectivity index (χ2v) is 14.5. The number of aromatic amines is 1. The Labute approximate surface area is 274 Å². The largest absolute Gasteiger partial charge is 0.359 e. The highest BCUT2D eigenvalue weighted by Gasteiger charge is 2.56. The summed E-state index contributed by atoms with van der Waals surface area (Å²) in [6.07, 6.45) is 4.84. The second kappa shape index (κ2) is 11.9. The molecule has 3 N–H and O–H groups in total. The van der Waals surface area contributed by atoms with Crippen molar-refractivity contribution in [2.24, 2.45) is 28.2 Å². The highest BCUT2D eigenvalue weighted by Crippen LogP contribution is 2.61. The number of nitrogens with zero attached hydrogens (tertiary/aromatic N) is 4. The van der Waals surface area contributed by atoms with Crippen LogP contribution in [0.25, 0.3) is 22.4 Å². The lowest BCUT2D eigenvalue weighted by Gasteiger charge is -2.61. The molecule has 2 aromatic heterocycles. The molecule has 1 amide bonds. The summed E-state index contributed by atoms with van der Waals surface area (Å²) in [6.45, 7) is 10.5. The molecule has 2 aromatic carbocycles. The van der Waals surface area contributed by atoms with Gasteiger partial charge in [-0.25, -0.2) is 9.98 Å². The number of anilines is 1. The number of H-pyrrole nitrogens is 1. The fourth-order valence-electron chi connectivity index (χ4n) is 7.94. The molecular formula is C36H42ClN7O2. The maximum absolute atomic E-state index is 14.0. The summed E-state index contributed by atoms with van der Waals surface area (Å²) in [4.78, 5) is 42.2. The molecule has 4 fully saturated rings. The van der Waals surface area contributed by atoms with Gasteiger partial charge >= 0.3 is 0 Å². The summed E-state index contributed by atoms with van der Waals surface area (Å²) in [5.74, 6) is 3.07. The van der Waals surface area contributed by atoms with Crippen molar-refractivity contribution >= 4 is 40.1 Å². The normalized spacial score (nSPS) is 25.7. The van der Waals surface area contributed by atoms with Gasteiger partial charge in [0.15, 0.2) is 11.8 Å². The Kier molecular flexibility index (Phi) is 7.91. The van der Waals surface area contributed by atoms with Gasteiger partial charge < -0.3 is 20.5 Å². The van der Waals surface area contributed by atoms with E-state index in [0.29, 0.717) is 70.4 Å². The summed E-state index contributed by atoms with van der Waals surface area (Å²) >= 11 is 6.08. The first-order chi connectivity index (χ1) is 22.1. The minimum Gasteiger partial charge on any atom is -0.359 e. The lowest BCUT2D eigenvalue weighted by atomic mass is 9.45. The van der Waals surface area contributed by atoms with E-state index in [-0.39, 0.29) is 30.1 Å². The number of aromatic nitrogens is 3. The third-order valence-electron chi connectivity index (χ3n) is 10.7. The average molecular weight is 640 g/mol. The highest BCUT2D eigenvalue weighted by atomic mass is 35.5. The van der Waals surface area contributed by atoms with Crippen LogP contribution in [-0.4, -0.2) is 56.5 Å². The van der Waals surface area contributed by atoms with Crippen molar-refractivity contribution in [3.63, 3.8) is 0 Å². The van der Waals surface area contributed by atoms with Gasteiger partial charge in [0.2, 0.25) is 5.91 Å². The molecule has 0 spiro atoms. The van der Waals surface area contributed by atoms with Crippen LogP contribution in [0.3, 0.4) is 0 Å². The standard InChI is InChI=1S/C36H42ClN7O2/c1-21-19-43(20-32(45)39-21)35(42-30-17-24-16-28(22(30)2)36(24,3)4)40-26-11-12-27-31(18-26)41-33(29-6-5-14-38-29)44(34(27)46)15-13-23-7-9-25(37)10-8-23/h5-12,14,18,21-22,24,28,30,38H,13,15-17,19-20H2,1-4H3,(H,39,45)(H,40,42)/t21-,22-,24+,28-,30-/m0/s1. The summed E-state index contributed by atoms with van der Waals surface area (Å²) in [6, 6.07) is 17.4. The molecule has 4 aromatic rings. The SMILES string of the molecule is C[C@@H]1[C@@H](N=C(Nc2ccc3c(=O)n(CCc4ccc(Cl)cc4)c(-c4ccc[nH]4)nc3c2)N2CC(=O)N[C@@H](C)C2)C[C@H]2C[C@@H]1C2(C)C. The molecule has 3 aliphatic carbocycles. The number of aliphatic imine (C=N–C) groups is 1. The zero-order valence-corrected chi connectivity index (χ0v) is 27.6. The highest BCUT2D eigenvalue weighted by molar-refractivity contribution is 6.30. The quantitative estimate of drug-likeness (QED) is 0.179. The third-order valence-corrected chi connectivity index (χ3v) is 11.0. The number of carbonyl (C=O) groups is 1. The first-order valence-electron chi connectivity index (χ1n) is 16.4. The van der Waals surface area contributed by atoms with Crippen LogP contribution >= 0.6 is 11.6 Å². The fraction of sp³-hybridized carbons (Fsp3) is 0.444. The summed E-state index contributed by atoms with van der Waals surface area (Å²) < 4.78 is 1.74. The van der Waals surface area contributed by atoms with E-state index in [4.69, 9.17) is 21.6 Å². The van der Waals surface area contributed by atoms with Crippen LogP contribution in [0.15, 0.2) is 70.6 Å². The van der Waals surface area contributed by atoms with Crippen molar-refractivity contribution in [3.05, 3.63) is 81.7 Å². The van der Waals surface area contributed by atoms with Crippen LogP contribution in [0.5, 0.6) is 0 Å². The Morgan fingerprint density at radius 3 is 2.61 bits per heavy atom. The number of halogens is 1. The molecule has 46 heavy (non-hydrogen) atoms. The predicted molar refractivity (Wildman–Crippen MR) is 184 cm³/mol. The smallest absolute Gasteiger partial charge is 0.261 e. The molecule has 5 atom stereocenters. The van der Waals surface area contributed by atoms with Crippen molar-refractivity contribution in [2.45, 2.75) is 65.6 Å². The predicted octanol–water partition coefficient (Wildman–Crippen LogP) is 5.95. The Hall–Kier alpha value is -4.11. The number of amides is 1. The second-order valence-electron chi connectivity index (χ2n) is 14.0. The molecule has 0 radical (unpaired) electrons. The van der Waals surface area contributed by atoms with Crippen molar-refractivity contribution in [2.75, 3.05) is 18.4 Å². The van der Waals surface area contributed by atoms with Gasteiger partial charge in [0.1, 0.15) is 0 Å². The van der Waals surface area contributed by atoms with Gasteiger partial charge in [-0.2, -0.15) is 0 Å². The van der Waals surface area contributed by atoms with Crippen molar-refractivity contribution < 1.29 is 4.79 Å². The number of guanidine groups is 1. The average Bonchev–Trinajstić information content (AvgIpc) is 3.56. The summed E-state index contributed by atoms with van der Waals surface area (Å²) in [5.41, 5.74) is 3.51. The summed E-state index contributed by atoms with van der Waals surface area (Å²) in [5, 5.41) is 7.82. The number of nitrogens with one attached hydrogen (secondary N) is 3. The molecule has 2 bridgehead atoms. The Morgan fingerprint density at radius 2 is 1.91 bits per heavy atom. The van der Waals surface area contributed by atoms with E-state index in [1.165, 1.54) is 6.42 Å². The van der Waals surface area contributed by atoms with Gasteiger partial charge in [-0.3, -0.25) is 14.2 Å². The molecule has 9 nitrogen and oxygen atoms in total. The van der Waals surface area contributed by atoms with E-state index in [9.17, 15) is 9.59 Å². The van der Waals surface area contributed by atoms with Gasteiger partial charge in [0.05, 0.1) is 29.2 Å². The number of benzene rings is 2. The van der Waals surface area contributed by atoms with Gasteiger partial charge in [-0.15, -0.1) is 0 Å². The van der Waals surface area contributed by atoms with E-state index in [2.05, 4.69) is 41.3 Å². The van der Waals surface area contributed by atoms with Crippen LogP contribution in [0, 0.1) is 23.2 Å². The van der Waals surface area contributed by atoms with Gasteiger partial charge in [0.25, 0.3) is 5.56 Å². The lowest BCUT2D eigenvalue weighted by Crippen LogP contribution is -2.58. The molecule has 240 valence electrons. The van der Waals surface area contributed by atoms with Crippen LogP contribution in [0.2, 0.25) is 5.02 Å². The number of hydrogen-bond acceptors (Lipinski definition) is 4. The van der Waals surface area contributed by atoms with E-state index in [0.717, 1.165) is 23.4 Å². The molecule has 0 unspecified atom stereocenters. The topological polar surface area (TPSA) is 107 Å². The van der Waals surface area contributed by atoms with Crippen molar-refractivity contribution in [1.82, 2.24) is 24.8 Å². The van der Waals surface area contributed by atoms with Crippen molar-refractivity contribution in [3.8, 4) is 11.5 Å². The van der Waals surface area contributed by atoms with E-state index < -0.39 is 0 Å². The minimum absolute atomic E-state index is 0.0103. The molecule has 1 saturated heterocycles. The lowest BCUT2D eigenvalue weighted by molar-refractivity contribution is -0.124. The van der Waals surface area contributed by atoms with Gasteiger partial charge in [-0.05, 0) is 97.4 Å². The molecule has 3 saturated carbocycles. The van der Waals surface area contributed by atoms with Crippen LogP contribution < -0.4 is 16.2 Å². The first kappa shape index (κ1) is 30.5. The Bertz CT molecular complexity index is 1850. The van der Waals surface area contributed by atoms with Crippen molar-refractivity contribution in [1.29, 1.82) is 0 Å². The fourth-order valence-corrected chi connectivity index (χ4v) is 8.07. The van der Waals surface area contributed by atoms with Crippen LogP contribution in [0.1, 0.15) is 46.1 Å². The summed E-state index contributed by atoms with van der Waals surface area (Å²) in [7, 11) is 0. The Morgan fingerprint density at radius 1 is 1.11 bits per heavy atom. The number of aryl methyl sites for hydroxylation is 1. The first-order valence-corrected chi connectivity index (χ1v) is 16.8. The minimum atomic E-state index is -0.0941. The molecule has 1 aliphatic heterocycles.